The summed E-state index contributed by atoms with van der Waals surface area (Å²) in [4.78, 5) is 56.6. The summed E-state index contributed by atoms with van der Waals surface area (Å²) in [5, 5.41) is 33.1. The van der Waals surface area contributed by atoms with Crippen LogP contribution in [-0.4, -0.2) is 31.9 Å². The van der Waals surface area contributed by atoms with Crippen LogP contribution in [0, 0.1) is 43.9 Å². The summed E-state index contributed by atoms with van der Waals surface area (Å²) < 4.78 is 0. The molecule has 0 unspecified atom stereocenters. The maximum absolute atomic E-state index is 13.0. The molecule has 4 N–H and O–H groups in total. The van der Waals surface area contributed by atoms with Crippen LogP contribution >= 0.6 is 0 Å². The molecule has 6 rings (SSSR count). The Balaban J connectivity index is 1.23. The van der Waals surface area contributed by atoms with Crippen molar-refractivity contribution in [2.24, 2.45) is 0 Å². The second kappa shape index (κ2) is 18.3. The maximum atomic E-state index is 13.0. The number of nitrogens with zero attached hydrogens (tertiary/aromatic N) is 4. The topological polar surface area (TPSA) is 194 Å². The first-order valence-corrected chi connectivity index (χ1v) is 19.3. The molecule has 14 nitrogen and oxygen atoms in total. The Labute approximate surface area is 358 Å². The monoisotopic (exact) mass is 826 g/mol. The van der Waals surface area contributed by atoms with E-state index in [4.69, 9.17) is 9.97 Å². The van der Waals surface area contributed by atoms with E-state index in [-0.39, 0.29) is 22.2 Å². The molecule has 4 amide bonds. The number of carbonyl (C=O) groups excluding carboxylic acids is 2. The van der Waals surface area contributed by atoms with E-state index in [0.717, 1.165) is 11.1 Å². The van der Waals surface area contributed by atoms with E-state index in [9.17, 15) is 29.8 Å². The molecule has 0 aliphatic rings. The minimum Gasteiger partial charge on any atom is -0.308 e. The van der Waals surface area contributed by atoms with Crippen LogP contribution in [0.25, 0.3) is 11.4 Å². The Kier molecular flexibility index (Phi) is 12.7. The Morgan fingerprint density at radius 3 is 1.21 bits per heavy atom. The van der Waals surface area contributed by atoms with Crippen LogP contribution in [0.5, 0.6) is 0 Å². The highest BCUT2D eigenvalue weighted by atomic mass is 16.6. The third-order valence-corrected chi connectivity index (χ3v) is 9.35. The van der Waals surface area contributed by atoms with E-state index in [0.29, 0.717) is 56.7 Å². The number of hydrogen-bond donors (Lipinski definition) is 4. The molecule has 0 saturated heterocycles. The average Bonchev–Trinajstić information content (AvgIpc) is 3.22. The van der Waals surface area contributed by atoms with Gasteiger partial charge in [0.05, 0.1) is 32.6 Å². The molecule has 0 bridgehead atoms. The average molecular weight is 827 g/mol. The van der Waals surface area contributed by atoms with E-state index < -0.39 is 21.9 Å². The van der Waals surface area contributed by atoms with Crippen molar-refractivity contribution < 1.29 is 19.4 Å². The Morgan fingerprint density at radius 2 is 0.871 bits per heavy atom. The fourth-order valence-electron chi connectivity index (χ4n) is 5.91. The number of anilines is 4. The van der Waals surface area contributed by atoms with Crippen molar-refractivity contribution in [2.45, 2.75) is 52.4 Å². The van der Waals surface area contributed by atoms with Gasteiger partial charge in [-0.05, 0) is 107 Å². The number of rotatable bonds is 7. The molecule has 0 saturated carbocycles. The standard InChI is InChI=1S/C48H42N8O6/c1-47(2,3)33-15-27-41(53-45(57)51-37-19-23-39(24-20-37)55(59)60)31(29-33)13-17-35-9-7-11-43(49-35)44-12-8-10-36(50-44)18-14-32-30-34(48(4,5)6)16-28-42(32)54-46(58)52-38-21-25-40(26-22-38)56(61)62/h7-12,15-16,19-30H,1-6H3,(H2,51,53,57)(H2,52,54,58). The number of non-ortho nitro benzene ring substituents is 2. The van der Waals surface area contributed by atoms with Gasteiger partial charge in [-0.3, -0.25) is 20.2 Å². The van der Waals surface area contributed by atoms with Gasteiger partial charge in [0.15, 0.2) is 0 Å². The van der Waals surface area contributed by atoms with E-state index in [2.05, 4.69) is 86.5 Å². The lowest BCUT2D eigenvalue weighted by atomic mass is 9.86. The van der Waals surface area contributed by atoms with Gasteiger partial charge >= 0.3 is 12.1 Å². The second-order valence-electron chi connectivity index (χ2n) is 16.1. The molecule has 2 aromatic heterocycles. The van der Waals surface area contributed by atoms with Crippen molar-refractivity contribution in [3.63, 3.8) is 0 Å². The summed E-state index contributed by atoms with van der Waals surface area (Å²) in [6.07, 6.45) is 0. The van der Waals surface area contributed by atoms with Gasteiger partial charge in [0, 0.05) is 46.8 Å². The molecule has 62 heavy (non-hydrogen) atoms. The first-order valence-electron chi connectivity index (χ1n) is 19.3. The van der Waals surface area contributed by atoms with Crippen LogP contribution in [0.4, 0.5) is 43.7 Å². The number of carbonyl (C=O) groups is 2. The number of hydrogen-bond acceptors (Lipinski definition) is 8. The molecule has 0 spiro atoms. The van der Waals surface area contributed by atoms with Gasteiger partial charge in [-0.2, -0.15) is 0 Å². The number of urea groups is 2. The van der Waals surface area contributed by atoms with Gasteiger partial charge < -0.3 is 21.3 Å². The predicted molar refractivity (Wildman–Crippen MR) is 241 cm³/mol. The Morgan fingerprint density at radius 1 is 0.500 bits per heavy atom. The molecule has 4 aromatic carbocycles. The SMILES string of the molecule is CC(C)(C)c1ccc(NC(=O)Nc2ccc([N+](=O)[O-])cc2)c(C#Cc2cccc(-c3cccc(C#Cc4cc(C(C)(C)C)ccc4NC(=O)Nc4ccc([N+](=O)[O-])cc4)n3)n2)c1. The summed E-state index contributed by atoms with van der Waals surface area (Å²) in [5.74, 6) is 12.6. The van der Waals surface area contributed by atoms with Gasteiger partial charge in [0.1, 0.15) is 11.4 Å². The van der Waals surface area contributed by atoms with Crippen LogP contribution in [0.1, 0.15) is 75.2 Å². The molecule has 0 atom stereocenters. The molecule has 0 radical (unpaired) electrons. The van der Waals surface area contributed by atoms with Gasteiger partial charge in [-0.25, -0.2) is 19.6 Å². The summed E-state index contributed by atoms with van der Waals surface area (Å²) in [7, 11) is 0. The molecule has 0 fully saturated rings. The molecule has 14 heteroatoms. The minimum absolute atomic E-state index is 0.0870. The maximum Gasteiger partial charge on any atom is 0.323 e. The summed E-state index contributed by atoms with van der Waals surface area (Å²) in [6.45, 7) is 12.5. The zero-order valence-electron chi connectivity index (χ0n) is 34.8. The lowest BCUT2D eigenvalue weighted by molar-refractivity contribution is -0.385. The molecule has 310 valence electrons. The van der Waals surface area contributed by atoms with Crippen molar-refractivity contribution in [1.82, 2.24) is 9.97 Å². The number of nitro benzene ring substituents is 2. The summed E-state index contributed by atoms with van der Waals surface area (Å²) in [5.41, 5.74) is 6.30. The number of nitro groups is 2. The van der Waals surface area contributed by atoms with E-state index in [1.165, 1.54) is 48.5 Å². The molecule has 2 heterocycles. The molecule has 0 aliphatic carbocycles. The fourth-order valence-corrected chi connectivity index (χ4v) is 5.91. The van der Waals surface area contributed by atoms with Gasteiger partial charge in [-0.1, -0.05) is 77.6 Å². The van der Waals surface area contributed by atoms with Gasteiger partial charge in [-0.15, -0.1) is 0 Å². The first kappa shape index (κ1) is 43.2. The fraction of sp³-hybridized carbons (Fsp3) is 0.167. The Bertz CT molecular complexity index is 2630. The quantitative estimate of drug-likeness (QED) is 0.0693. The number of aromatic nitrogens is 2. The minimum atomic E-state index is -0.542. The third-order valence-electron chi connectivity index (χ3n) is 9.35. The number of pyridine rings is 2. The number of benzene rings is 4. The zero-order chi connectivity index (χ0) is 44.6. The molecular weight excluding hydrogens is 785 g/mol. The van der Waals surface area contributed by atoms with Crippen molar-refractivity contribution in [2.75, 3.05) is 21.3 Å². The van der Waals surface area contributed by atoms with Crippen molar-refractivity contribution in [3.8, 4) is 35.1 Å². The van der Waals surface area contributed by atoms with E-state index >= 15 is 0 Å². The van der Waals surface area contributed by atoms with Gasteiger partial charge in [0.2, 0.25) is 0 Å². The summed E-state index contributed by atoms with van der Waals surface area (Å²) in [6, 6.07) is 32.1. The Hall–Kier alpha value is -8.36. The van der Waals surface area contributed by atoms with Crippen LogP contribution in [0.15, 0.2) is 121 Å². The number of nitrogens with one attached hydrogen (secondary N) is 4. The highest BCUT2D eigenvalue weighted by Gasteiger charge is 2.18. The van der Waals surface area contributed by atoms with Crippen molar-refractivity contribution >= 4 is 46.2 Å². The van der Waals surface area contributed by atoms with Crippen molar-refractivity contribution in [3.05, 3.63) is 175 Å². The predicted octanol–water partition coefficient (Wildman–Crippen LogP) is 10.6. The van der Waals surface area contributed by atoms with Crippen LogP contribution in [0.3, 0.4) is 0 Å². The highest BCUT2D eigenvalue weighted by molar-refractivity contribution is 6.01. The third kappa shape index (κ3) is 11.4. The normalized spacial score (nSPS) is 10.9. The zero-order valence-corrected chi connectivity index (χ0v) is 34.8. The highest BCUT2D eigenvalue weighted by Crippen LogP contribution is 2.29. The summed E-state index contributed by atoms with van der Waals surface area (Å²) >= 11 is 0. The number of amides is 4. The first-order chi connectivity index (χ1) is 29.4. The van der Waals surface area contributed by atoms with Crippen LogP contribution in [0.2, 0.25) is 0 Å². The lowest BCUT2D eigenvalue weighted by Gasteiger charge is -2.20. The smallest absolute Gasteiger partial charge is 0.308 e. The molecule has 6 aromatic rings. The van der Waals surface area contributed by atoms with Gasteiger partial charge in [0.25, 0.3) is 11.4 Å². The molecular formula is C48H42N8O6. The molecule has 0 aliphatic heterocycles. The van der Waals surface area contributed by atoms with Crippen LogP contribution < -0.4 is 21.3 Å². The lowest BCUT2D eigenvalue weighted by Crippen LogP contribution is -2.20. The largest absolute Gasteiger partial charge is 0.323 e. The van der Waals surface area contributed by atoms with E-state index in [1.807, 2.05) is 48.5 Å². The van der Waals surface area contributed by atoms with Crippen LogP contribution in [-0.2, 0) is 10.8 Å². The second-order valence-corrected chi connectivity index (χ2v) is 16.1. The van der Waals surface area contributed by atoms with Crippen molar-refractivity contribution in [1.29, 1.82) is 0 Å². The van der Waals surface area contributed by atoms with E-state index in [1.54, 1.807) is 24.3 Å².